The van der Waals surface area contributed by atoms with Crippen LogP contribution >= 0.6 is 12.4 Å². The molecular formula is C24H31ClFNO3. The molecule has 0 bridgehead atoms. The summed E-state index contributed by atoms with van der Waals surface area (Å²) >= 11 is 0. The molecule has 1 fully saturated rings. The Morgan fingerprint density at radius 3 is 2.63 bits per heavy atom. The van der Waals surface area contributed by atoms with Crippen LogP contribution in [-0.4, -0.2) is 37.9 Å². The first-order valence-electron chi connectivity index (χ1n) is 10.6. The minimum Gasteiger partial charge on any atom is -0.493 e. The molecule has 2 aromatic rings. The Balaban J connectivity index is 0.00000256. The predicted octanol–water partition coefficient (Wildman–Crippen LogP) is 5.51. The van der Waals surface area contributed by atoms with Gasteiger partial charge >= 0.3 is 0 Å². The van der Waals surface area contributed by atoms with Crippen LogP contribution in [0.3, 0.4) is 0 Å². The molecule has 0 radical (unpaired) electrons. The smallest absolute Gasteiger partial charge is 0.231 e. The summed E-state index contributed by atoms with van der Waals surface area (Å²) in [5.41, 5.74) is 1.20. The number of fused-ring (bicyclic) bond motifs is 1. The van der Waals surface area contributed by atoms with Gasteiger partial charge in [0.25, 0.3) is 0 Å². The summed E-state index contributed by atoms with van der Waals surface area (Å²) < 4.78 is 30.4. The van der Waals surface area contributed by atoms with E-state index >= 15 is 0 Å². The summed E-state index contributed by atoms with van der Waals surface area (Å²) in [5.74, 6) is 3.54. The molecule has 2 aromatic carbocycles. The lowest BCUT2D eigenvalue weighted by Gasteiger charge is -2.39. The minimum absolute atomic E-state index is 0. The SMILES string of the molecule is CC(C)CCN1CC[C@H](c2ccc(F)cc2)[C@@H](COc2ccc3c(c2)OCO3)C1.Cl. The highest BCUT2D eigenvalue weighted by Gasteiger charge is 2.31. The van der Waals surface area contributed by atoms with Gasteiger partial charge in [0.15, 0.2) is 11.5 Å². The molecule has 4 rings (SSSR count). The molecule has 1 saturated heterocycles. The topological polar surface area (TPSA) is 30.9 Å². The first-order valence-corrected chi connectivity index (χ1v) is 10.6. The Hall–Kier alpha value is -1.98. The summed E-state index contributed by atoms with van der Waals surface area (Å²) in [6.07, 6.45) is 2.27. The highest BCUT2D eigenvalue weighted by Crippen LogP contribution is 2.37. The lowest BCUT2D eigenvalue weighted by atomic mass is 9.80. The van der Waals surface area contributed by atoms with Gasteiger partial charge in [0.2, 0.25) is 6.79 Å². The van der Waals surface area contributed by atoms with Gasteiger partial charge in [-0.25, -0.2) is 4.39 Å². The van der Waals surface area contributed by atoms with Gasteiger partial charge < -0.3 is 19.1 Å². The van der Waals surface area contributed by atoms with Crippen LogP contribution in [0.4, 0.5) is 4.39 Å². The third-order valence-electron chi connectivity index (χ3n) is 5.95. The fourth-order valence-corrected chi connectivity index (χ4v) is 4.24. The van der Waals surface area contributed by atoms with Crippen LogP contribution in [0.25, 0.3) is 0 Å². The molecule has 2 aliphatic rings. The largest absolute Gasteiger partial charge is 0.493 e. The molecule has 4 nitrogen and oxygen atoms in total. The van der Waals surface area contributed by atoms with Crippen molar-refractivity contribution in [2.75, 3.05) is 33.0 Å². The van der Waals surface area contributed by atoms with Gasteiger partial charge in [-0.05, 0) is 67.6 Å². The van der Waals surface area contributed by atoms with Crippen molar-refractivity contribution < 1.29 is 18.6 Å². The molecule has 0 spiro atoms. The van der Waals surface area contributed by atoms with Gasteiger partial charge in [0, 0.05) is 18.5 Å². The van der Waals surface area contributed by atoms with Crippen LogP contribution in [0.15, 0.2) is 42.5 Å². The molecule has 30 heavy (non-hydrogen) atoms. The molecule has 6 heteroatoms. The quantitative estimate of drug-likeness (QED) is 0.574. The fraction of sp³-hybridized carbons (Fsp3) is 0.500. The average molecular weight is 436 g/mol. The van der Waals surface area contributed by atoms with Crippen LogP contribution in [0.5, 0.6) is 17.2 Å². The van der Waals surface area contributed by atoms with Crippen molar-refractivity contribution in [1.29, 1.82) is 0 Å². The summed E-state index contributed by atoms with van der Waals surface area (Å²) in [6, 6.07) is 12.7. The van der Waals surface area contributed by atoms with E-state index in [0.717, 1.165) is 43.3 Å². The van der Waals surface area contributed by atoms with E-state index in [1.165, 1.54) is 12.0 Å². The van der Waals surface area contributed by atoms with Crippen molar-refractivity contribution in [2.45, 2.75) is 32.6 Å². The molecule has 0 aliphatic carbocycles. The van der Waals surface area contributed by atoms with Crippen LogP contribution in [0.2, 0.25) is 0 Å². The number of piperidine rings is 1. The van der Waals surface area contributed by atoms with Crippen LogP contribution in [0, 0.1) is 17.7 Å². The van der Waals surface area contributed by atoms with Gasteiger partial charge in [-0.1, -0.05) is 26.0 Å². The molecular weight excluding hydrogens is 405 g/mol. The monoisotopic (exact) mass is 435 g/mol. The van der Waals surface area contributed by atoms with Gasteiger partial charge in [0.05, 0.1) is 6.61 Å². The third kappa shape index (κ3) is 5.58. The highest BCUT2D eigenvalue weighted by atomic mass is 35.5. The average Bonchev–Trinajstić information content (AvgIpc) is 3.19. The van der Waals surface area contributed by atoms with E-state index in [0.29, 0.717) is 24.4 Å². The molecule has 0 saturated carbocycles. The molecule has 0 amide bonds. The second-order valence-electron chi connectivity index (χ2n) is 8.52. The maximum absolute atomic E-state index is 13.4. The zero-order valence-electron chi connectivity index (χ0n) is 17.7. The highest BCUT2D eigenvalue weighted by molar-refractivity contribution is 5.85. The lowest BCUT2D eigenvalue weighted by molar-refractivity contribution is 0.107. The normalized spacial score (nSPS) is 20.8. The Labute approximate surface area is 184 Å². The summed E-state index contributed by atoms with van der Waals surface area (Å²) in [4.78, 5) is 2.55. The Kier molecular flexibility index (Phi) is 7.84. The second kappa shape index (κ2) is 10.4. The number of hydrogen-bond acceptors (Lipinski definition) is 4. The molecule has 2 heterocycles. The maximum atomic E-state index is 13.4. The van der Waals surface area contributed by atoms with E-state index in [1.54, 1.807) is 12.1 Å². The number of nitrogens with zero attached hydrogens (tertiary/aromatic N) is 1. The maximum Gasteiger partial charge on any atom is 0.231 e. The second-order valence-corrected chi connectivity index (χ2v) is 8.52. The number of benzene rings is 2. The van der Waals surface area contributed by atoms with E-state index in [1.807, 2.05) is 30.3 Å². The first kappa shape index (κ1) is 22.7. The van der Waals surface area contributed by atoms with Crippen LogP contribution in [-0.2, 0) is 0 Å². The number of ether oxygens (including phenoxy) is 3. The number of rotatable bonds is 7. The molecule has 0 unspecified atom stereocenters. The Morgan fingerprint density at radius 1 is 1.10 bits per heavy atom. The summed E-state index contributed by atoms with van der Waals surface area (Å²) in [7, 11) is 0. The van der Waals surface area contributed by atoms with E-state index in [2.05, 4.69) is 18.7 Å². The molecule has 2 aliphatic heterocycles. The van der Waals surface area contributed by atoms with Crippen LogP contribution in [0.1, 0.15) is 38.2 Å². The molecule has 164 valence electrons. The van der Waals surface area contributed by atoms with Crippen molar-refractivity contribution in [3.05, 3.63) is 53.8 Å². The van der Waals surface area contributed by atoms with E-state index in [9.17, 15) is 4.39 Å². The molecule has 2 atom stereocenters. The zero-order valence-corrected chi connectivity index (χ0v) is 18.5. The van der Waals surface area contributed by atoms with E-state index in [4.69, 9.17) is 14.2 Å². The Morgan fingerprint density at radius 2 is 1.87 bits per heavy atom. The fourth-order valence-electron chi connectivity index (χ4n) is 4.24. The summed E-state index contributed by atoms with van der Waals surface area (Å²) in [5, 5.41) is 0. The standard InChI is InChI=1S/C24H30FNO3.ClH/c1-17(2)9-11-26-12-10-22(18-3-5-20(25)6-4-18)19(14-26)15-27-21-7-8-23-24(13-21)29-16-28-23;/h3-8,13,17,19,22H,9-12,14-16H2,1-2H3;1H/t19-,22-;/m1./s1. The molecule has 0 aromatic heterocycles. The lowest BCUT2D eigenvalue weighted by Crippen LogP contribution is -2.42. The van der Waals surface area contributed by atoms with Gasteiger partial charge in [-0.2, -0.15) is 0 Å². The van der Waals surface area contributed by atoms with Crippen molar-refractivity contribution in [3.8, 4) is 17.2 Å². The predicted molar refractivity (Wildman–Crippen MR) is 118 cm³/mol. The van der Waals surface area contributed by atoms with Gasteiger partial charge in [0.1, 0.15) is 11.6 Å². The van der Waals surface area contributed by atoms with Crippen molar-refractivity contribution in [2.24, 2.45) is 11.8 Å². The summed E-state index contributed by atoms with van der Waals surface area (Å²) in [6.45, 7) is 8.62. The van der Waals surface area contributed by atoms with Crippen molar-refractivity contribution in [3.63, 3.8) is 0 Å². The minimum atomic E-state index is -0.184. The Bertz CT molecular complexity index is 815. The first-order chi connectivity index (χ1) is 14.1. The van der Waals surface area contributed by atoms with Crippen molar-refractivity contribution >= 4 is 12.4 Å². The molecule has 0 N–H and O–H groups in total. The van der Waals surface area contributed by atoms with Gasteiger partial charge in [-0.15, -0.1) is 12.4 Å². The van der Waals surface area contributed by atoms with E-state index in [-0.39, 0.29) is 25.0 Å². The van der Waals surface area contributed by atoms with Gasteiger partial charge in [-0.3, -0.25) is 0 Å². The number of hydrogen-bond donors (Lipinski definition) is 0. The third-order valence-corrected chi connectivity index (χ3v) is 5.95. The number of halogens is 2. The number of likely N-dealkylation sites (tertiary alicyclic amines) is 1. The van der Waals surface area contributed by atoms with Crippen LogP contribution < -0.4 is 14.2 Å². The van der Waals surface area contributed by atoms with E-state index < -0.39 is 0 Å². The zero-order chi connectivity index (χ0) is 20.2. The van der Waals surface area contributed by atoms with Crippen molar-refractivity contribution in [1.82, 2.24) is 4.90 Å².